The SMILES string of the molecule is CC(=O)Nc1cc(-c2nc(-c3ccc4c(c3)ncn4CCC(=O)N3CCCCC3)no2)ccc1C. The highest BCUT2D eigenvalue weighted by Gasteiger charge is 2.17. The van der Waals surface area contributed by atoms with Gasteiger partial charge in [-0.05, 0) is 62.1 Å². The van der Waals surface area contributed by atoms with Gasteiger partial charge in [0.25, 0.3) is 5.89 Å². The summed E-state index contributed by atoms with van der Waals surface area (Å²) in [5, 5.41) is 6.96. The highest BCUT2D eigenvalue weighted by Crippen LogP contribution is 2.28. The van der Waals surface area contributed by atoms with E-state index < -0.39 is 0 Å². The fraction of sp³-hybridized carbons (Fsp3) is 0.346. The molecule has 1 N–H and O–H groups in total. The van der Waals surface area contributed by atoms with E-state index in [0.29, 0.717) is 30.4 Å². The van der Waals surface area contributed by atoms with Gasteiger partial charge in [0.2, 0.25) is 17.6 Å². The van der Waals surface area contributed by atoms with Crippen LogP contribution in [0.3, 0.4) is 0 Å². The van der Waals surface area contributed by atoms with E-state index in [4.69, 9.17) is 4.52 Å². The van der Waals surface area contributed by atoms with Crippen molar-refractivity contribution in [2.24, 2.45) is 0 Å². The van der Waals surface area contributed by atoms with E-state index in [-0.39, 0.29) is 11.8 Å². The lowest BCUT2D eigenvalue weighted by atomic mass is 10.1. The molecule has 0 radical (unpaired) electrons. The predicted molar refractivity (Wildman–Crippen MR) is 133 cm³/mol. The standard InChI is InChI=1S/C26H28N6O3/c1-17-6-7-20(15-21(17)28-18(2)33)26-29-25(30-35-26)19-8-9-23-22(14-19)27-16-32(23)13-10-24(34)31-11-4-3-5-12-31/h6-9,14-16H,3-5,10-13H2,1-2H3,(H,28,33). The second kappa shape index (κ2) is 9.69. The number of hydrogen-bond donors (Lipinski definition) is 1. The van der Waals surface area contributed by atoms with Gasteiger partial charge in [-0.3, -0.25) is 9.59 Å². The van der Waals surface area contributed by atoms with E-state index in [1.807, 2.05) is 52.8 Å². The lowest BCUT2D eigenvalue weighted by molar-refractivity contribution is -0.132. The number of benzene rings is 2. The van der Waals surface area contributed by atoms with Crippen LogP contribution in [0.2, 0.25) is 0 Å². The van der Waals surface area contributed by atoms with Crippen LogP contribution in [0, 0.1) is 6.92 Å². The number of aromatic nitrogens is 4. The number of anilines is 1. The maximum absolute atomic E-state index is 12.5. The summed E-state index contributed by atoms with van der Waals surface area (Å²) in [6.45, 7) is 5.74. The molecule has 0 unspecified atom stereocenters. The number of carbonyl (C=O) groups excluding carboxylic acids is 2. The molecule has 1 fully saturated rings. The molecule has 0 saturated carbocycles. The summed E-state index contributed by atoms with van der Waals surface area (Å²) in [4.78, 5) is 35.0. The van der Waals surface area contributed by atoms with Gasteiger partial charge in [-0.25, -0.2) is 4.98 Å². The zero-order chi connectivity index (χ0) is 24.4. The molecule has 1 aliphatic heterocycles. The lowest BCUT2D eigenvalue weighted by Crippen LogP contribution is -2.35. The number of imidazole rings is 1. The Labute approximate surface area is 203 Å². The zero-order valence-corrected chi connectivity index (χ0v) is 20.0. The van der Waals surface area contributed by atoms with E-state index in [1.54, 1.807) is 6.33 Å². The van der Waals surface area contributed by atoms with Gasteiger partial charge in [-0.1, -0.05) is 11.2 Å². The van der Waals surface area contributed by atoms with Crippen LogP contribution in [0.4, 0.5) is 5.69 Å². The molecule has 0 spiro atoms. The molecule has 9 heteroatoms. The molecular formula is C26H28N6O3. The van der Waals surface area contributed by atoms with Crippen LogP contribution in [0.15, 0.2) is 47.2 Å². The first-order valence-corrected chi connectivity index (χ1v) is 11.9. The fourth-order valence-electron chi connectivity index (χ4n) is 4.44. The number of rotatable bonds is 6. The Morgan fingerprint density at radius 3 is 2.66 bits per heavy atom. The zero-order valence-electron chi connectivity index (χ0n) is 20.0. The minimum absolute atomic E-state index is 0.139. The average molecular weight is 473 g/mol. The van der Waals surface area contributed by atoms with E-state index in [0.717, 1.165) is 53.7 Å². The van der Waals surface area contributed by atoms with E-state index in [2.05, 4.69) is 20.4 Å². The quantitative estimate of drug-likeness (QED) is 0.445. The molecule has 35 heavy (non-hydrogen) atoms. The van der Waals surface area contributed by atoms with Crippen molar-refractivity contribution < 1.29 is 14.1 Å². The first-order chi connectivity index (χ1) is 17.0. The first-order valence-electron chi connectivity index (χ1n) is 11.9. The molecule has 180 valence electrons. The summed E-state index contributed by atoms with van der Waals surface area (Å²) in [5.74, 6) is 0.896. The highest BCUT2D eigenvalue weighted by molar-refractivity contribution is 5.90. The van der Waals surface area contributed by atoms with E-state index in [9.17, 15) is 9.59 Å². The monoisotopic (exact) mass is 472 g/mol. The third-order valence-corrected chi connectivity index (χ3v) is 6.38. The maximum Gasteiger partial charge on any atom is 0.258 e. The third-order valence-electron chi connectivity index (χ3n) is 6.38. The largest absolute Gasteiger partial charge is 0.343 e. The molecule has 3 heterocycles. The smallest absolute Gasteiger partial charge is 0.258 e. The van der Waals surface area contributed by atoms with Crippen LogP contribution in [-0.4, -0.2) is 49.5 Å². The van der Waals surface area contributed by atoms with Crippen molar-refractivity contribution >= 4 is 28.5 Å². The molecule has 2 amide bonds. The number of fused-ring (bicyclic) bond motifs is 1. The van der Waals surface area contributed by atoms with Crippen LogP contribution in [-0.2, 0) is 16.1 Å². The van der Waals surface area contributed by atoms with Crippen molar-refractivity contribution in [3.63, 3.8) is 0 Å². The van der Waals surface area contributed by atoms with Gasteiger partial charge in [0.15, 0.2) is 0 Å². The van der Waals surface area contributed by atoms with E-state index in [1.165, 1.54) is 13.3 Å². The number of aryl methyl sites for hydroxylation is 2. The van der Waals surface area contributed by atoms with Crippen molar-refractivity contribution in [1.29, 1.82) is 0 Å². The molecule has 2 aromatic heterocycles. The van der Waals surface area contributed by atoms with Crippen LogP contribution < -0.4 is 5.32 Å². The van der Waals surface area contributed by atoms with Crippen molar-refractivity contribution in [2.75, 3.05) is 18.4 Å². The topological polar surface area (TPSA) is 106 Å². The second-order valence-corrected chi connectivity index (χ2v) is 8.97. The molecular weight excluding hydrogens is 444 g/mol. The molecule has 4 aromatic rings. The normalized spacial score (nSPS) is 13.8. The molecule has 1 aliphatic rings. The molecule has 9 nitrogen and oxygen atoms in total. The van der Waals surface area contributed by atoms with Crippen molar-refractivity contribution in [3.8, 4) is 22.8 Å². The summed E-state index contributed by atoms with van der Waals surface area (Å²) >= 11 is 0. The molecule has 0 atom stereocenters. The number of carbonyl (C=O) groups is 2. The number of nitrogens with one attached hydrogen (secondary N) is 1. The van der Waals surface area contributed by atoms with Crippen LogP contribution >= 0.6 is 0 Å². The minimum atomic E-state index is -0.139. The van der Waals surface area contributed by atoms with Crippen LogP contribution in [0.25, 0.3) is 33.9 Å². The highest BCUT2D eigenvalue weighted by atomic mass is 16.5. The van der Waals surface area contributed by atoms with Gasteiger partial charge in [0.05, 0.1) is 17.4 Å². The predicted octanol–water partition coefficient (Wildman–Crippen LogP) is 4.42. The Hall–Kier alpha value is -4.01. The Bertz CT molecular complexity index is 1380. The molecule has 0 aliphatic carbocycles. The third kappa shape index (κ3) is 4.94. The Morgan fingerprint density at radius 1 is 1.06 bits per heavy atom. The van der Waals surface area contributed by atoms with Gasteiger partial charge in [0.1, 0.15) is 0 Å². The van der Waals surface area contributed by atoms with Crippen molar-refractivity contribution in [2.45, 2.75) is 46.1 Å². The molecule has 2 aromatic carbocycles. The first kappa shape index (κ1) is 22.8. The maximum atomic E-state index is 12.5. The van der Waals surface area contributed by atoms with Gasteiger partial charge in [-0.2, -0.15) is 4.98 Å². The Balaban J connectivity index is 1.32. The number of hydrogen-bond acceptors (Lipinski definition) is 6. The number of piperidine rings is 1. The summed E-state index contributed by atoms with van der Waals surface area (Å²) in [6.07, 6.45) is 5.65. The Morgan fingerprint density at radius 2 is 1.86 bits per heavy atom. The van der Waals surface area contributed by atoms with Crippen LogP contribution in [0.1, 0.15) is 38.2 Å². The molecule has 0 bridgehead atoms. The average Bonchev–Trinajstić information content (AvgIpc) is 3.51. The molecule has 1 saturated heterocycles. The summed E-state index contributed by atoms with van der Waals surface area (Å²) < 4.78 is 7.52. The van der Waals surface area contributed by atoms with Crippen molar-refractivity contribution in [1.82, 2.24) is 24.6 Å². The number of likely N-dealkylation sites (tertiary alicyclic amines) is 1. The van der Waals surface area contributed by atoms with Crippen LogP contribution in [0.5, 0.6) is 0 Å². The lowest BCUT2D eigenvalue weighted by Gasteiger charge is -2.26. The second-order valence-electron chi connectivity index (χ2n) is 8.97. The van der Waals surface area contributed by atoms with Gasteiger partial charge >= 0.3 is 0 Å². The molecule has 5 rings (SSSR count). The number of amides is 2. The summed E-state index contributed by atoms with van der Waals surface area (Å²) in [5.41, 5.74) is 4.94. The minimum Gasteiger partial charge on any atom is -0.343 e. The summed E-state index contributed by atoms with van der Waals surface area (Å²) in [6, 6.07) is 11.4. The summed E-state index contributed by atoms with van der Waals surface area (Å²) in [7, 11) is 0. The van der Waals surface area contributed by atoms with Gasteiger partial charge < -0.3 is 19.3 Å². The van der Waals surface area contributed by atoms with Gasteiger partial charge in [-0.15, -0.1) is 0 Å². The van der Waals surface area contributed by atoms with Crippen molar-refractivity contribution in [3.05, 3.63) is 48.3 Å². The Kier molecular flexibility index (Phi) is 6.31. The number of nitrogens with zero attached hydrogens (tertiary/aromatic N) is 5. The fourth-order valence-corrected chi connectivity index (χ4v) is 4.44. The van der Waals surface area contributed by atoms with Gasteiger partial charge in [0, 0.05) is 49.8 Å². The van der Waals surface area contributed by atoms with E-state index >= 15 is 0 Å².